The summed E-state index contributed by atoms with van der Waals surface area (Å²) in [6.07, 6.45) is 2.98. The fourth-order valence-electron chi connectivity index (χ4n) is 5.48. The topological polar surface area (TPSA) is 71.0 Å². The molecule has 2 aromatic heterocycles. The van der Waals surface area contributed by atoms with Crippen molar-refractivity contribution in [3.05, 3.63) is 35.3 Å². The molecule has 0 spiro atoms. The maximum Gasteiger partial charge on any atom is 0.420 e. The number of anilines is 1. The van der Waals surface area contributed by atoms with E-state index in [-0.39, 0.29) is 17.0 Å². The van der Waals surface area contributed by atoms with Gasteiger partial charge in [-0.3, -0.25) is 14.7 Å². The lowest BCUT2D eigenvalue weighted by Gasteiger charge is -2.60. The van der Waals surface area contributed by atoms with Crippen LogP contribution in [0.5, 0.6) is 0 Å². The maximum absolute atomic E-state index is 14.2. The number of nitrogens with one attached hydrogen (secondary N) is 1. The molecule has 2 aromatic rings. The Morgan fingerprint density at radius 3 is 2.66 bits per heavy atom. The molecule has 5 rings (SSSR count). The van der Waals surface area contributed by atoms with Gasteiger partial charge in [-0.1, -0.05) is 18.7 Å². The van der Waals surface area contributed by atoms with E-state index in [0.717, 1.165) is 17.6 Å². The van der Waals surface area contributed by atoms with E-state index in [2.05, 4.69) is 17.3 Å². The predicted molar refractivity (Wildman–Crippen MR) is 112 cm³/mol. The van der Waals surface area contributed by atoms with Gasteiger partial charge in [0.1, 0.15) is 11.3 Å². The molecule has 32 heavy (non-hydrogen) atoms. The van der Waals surface area contributed by atoms with Crippen molar-refractivity contribution in [2.24, 2.45) is 17.3 Å². The van der Waals surface area contributed by atoms with Crippen LogP contribution in [0, 0.1) is 17.3 Å². The number of hydrogen-bond acceptors (Lipinski definition) is 4. The van der Waals surface area contributed by atoms with Gasteiger partial charge < -0.3 is 5.32 Å². The zero-order valence-electron chi connectivity index (χ0n) is 17.9. The Morgan fingerprint density at radius 1 is 1.38 bits per heavy atom. The van der Waals surface area contributed by atoms with Crippen LogP contribution >= 0.6 is 11.8 Å². The van der Waals surface area contributed by atoms with Gasteiger partial charge in [-0.15, -0.1) is 0 Å². The summed E-state index contributed by atoms with van der Waals surface area (Å²) in [5.74, 6) is 0.0997. The molecule has 3 atom stereocenters. The summed E-state index contributed by atoms with van der Waals surface area (Å²) < 4.78 is 44.8. The minimum absolute atomic E-state index is 0.00166. The van der Waals surface area contributed by atoms with Crippen LogP contribution in [-0.4, -0.2) is 27.2 Å². The van der Waals surface area contributed by atoms with E-state index < -0.39 is 23.3 Å². The average molecular weight is 468 g/mol. The SMILES string of the molecule is CSc1cc(NC(=O)c2c(C(F)(F)F)c(C3CC3)nn2CC2(C)CC3CCC32)cc[n+]1O. The second-order valence-electron chi connectivity index (χ2n) is 9.60. The second-order valence-corrected chi connectivity index (χ2v) is 10.4. The smallest absolute Gasteiger partial charge is 0.320 e. The summed E-state index contributed by atoms with van der Waals surface area (Å²) in [5.41, 5.74) is -1.12. The minimum Gasteiger partial charge on any atom is -0.320 e. The van der Waals surface area contributed by atoms with E-state index in [1.807, 2.05) is 0 Å². The molecule has 0 saturated heterocycles. The molecule has 0 aromatic carbocycles. The number of hydrogen-bond donors (Lipinski definition) is 2. The Bertz CT molecular complexity index is 1080. The van der Waals surface area contributed by atoms with Gasteiger partial charge in [0.25, 0.3) is 10.9 Å². The van der Waals surface area contributed by atoms with Crippen LogP contribution < -0.4 is 10.0 Å². The van der Waals surface area contributed by atoms with Crippen LogP contribution in [0.15, 0.2) is 23.4 Å². The third kappa shape index (κ3) is 3.56. The normalized spacial score (nSPS) is 26.8. The van der Waals surface area contributed by atoms with Gasteiger partial charge in [0.2, 0.25) is 6.20 Å². The highest BCUT2D eigenvalue weighted by atomic mass is 32.2. The molecule has 2 heterocycles. The fourth-order valence-corrected chi connectivity index (χ4v) is 5.98. The molecule has 3 saturated carbocycles. The highest BCUT2D eigenvalue weighted by molar-refractivity contribution is 7.98. The largest absolute Gasteiger partial charge is 0.420 e. The number of carbonyl (C=O) groups is 1. The highest BCUT2D eigenvalue weighted by Crippen LogP contribution is 2.62. The van der Waals surface area contributed by atoms with Crippen molar-refractivity contribution in [1.82, 2.24) is 9.78 Å². The molecule has 6 nitrogen and oxygen atoms in total. The van der Waals surface area contributed by atoms with E-state index in [4.69, 9.17) is 0 Å². The molecule has 0 aliphatic heterocycles. The highest BCUT2D eigenvalue weighted by Gasteiger charge is 2.56. The van der Waals surface area contributed by atoms with E-state index in [0.29, 0.717) is 41.9 Å². The van der Waals surface area contributed by atoms with Gasteiger partial charge in [0.15, 0.2) is 0 Å². The standard InChI is InChI=1S/C22H25F3N4O2S/c1-21(10-13-5-6-15(13)21)11-28-19(17(22(23,24)25)18(27-28)12-3-4-12)20(30)26-14-7-8-29(31)16(9-14)32-2/h7-9,12-13,15,31H,3-6,10-11H2,1-2H3/p+1. The Morgan fingerprint density at radius 2 is 2.12 bits per heavy atom. The third-order valence-corrected chi connectivity index (χ3v) is 8.08. The molecule has 0 radical (unpaired) electrons. The van der Waals surface area contributed by atoms with Gasteiger partial charge in [-0.2, -0.15) is 18.3 Å². The number of nitrogens with zero attached hydrogens (tertiary/aromatic N) is 3. The molecule has 10 heteroatoms. The molecular weight excluding hydrogens is 441 g/mol. The molecule has 3 unspecified atom stereocenters. The van der Waals surface area contributed by atoms with Gasteiger partial charge in [0, 0.05) is 29.3 Å². The minimum atomic E-state index is -4.67. The van der Waals surface area contributed by atoms with Crippen molar-refractivity contribution in [1.29, 1.82) is 0 Å². The van der Waals surface area contributed by atoms with Gasteiger partial charge in [-0.25, -0.2) is 0 Å². The average Bonchev–Trinajstić information content (AvgIpc) is 3.47. The summed E-state index contributed by atoms with van der Waals surface area (Å²) >= 11 is 1.25. The lowest BCUT2D eigenvalue weighted by atomic mass is 9.45. The molecule has 3 aliphatic carbocycles. The number of pyridine rings is 1. The number of fused-ring (bicyclic) bond motifs is 1. The fraction of sp³-hybridized carbons (Fsp3) is 0.591. The Labute approximate surface area is 188 Å². The number of halogens is 3. The van der Waals surface area contributed by atoms with E-state index in [9.17, 15) is 23.2 Å². The Hall–Kier alpha value is -2.23. The molecule has 1 amide bonds. The first-order valence-corrected chi connectivity index (χ1v) is 12.1. The number of carbonyl (C=O) groups excluding carboxylic acids is 1. The second kappa shape index (κ2) is 7.40. The maximum atomic E-state index is 14.2. The number of alkyl halides is 3. The van der Waals surface area contributed by atoms with Gasteiger partial charge in [0.05, 0.1) is 11.4 Å². The zero-order valence-corrected chi connectivity index (χ0v) is 18.8. The van der Waals surface area contributed by atoms with Gasteiger partial charge >= 0.3 is 6.18 Å². The van der Waals surface area contributed by atoms with Crippen molar-refractivity contribution in [3.63, 3.8) is 0 Å². The van der Waals surface area contributed by atoms with Crippen molar-refractivity contribution < 1.29 is 27.9 Å². The summed E-state index contributed by atoms with van der Waals surface area (Å²) in [4.78, 5) is 13.2. The molecule has 2 N–H and O–H groups in total. The third-order valence-electron chi connectivity index (χ3n) is 7.36. The van der Waals surface area contributed by atoms with Crippen LogP contribution in [0.2, 0.25) is 0 Å². The summed E-state index contributed by atoms with van der Waals surface area (Å²) in [5, 5.41) is 17.2. The van der Waals surface area contributed by atoms with E-state index in [1.54, 1.807) is 6.26 Å². The lowest BCUT2D eigenvalue weighted by molar-refractivity contribution is -0.932. The van der Waals surface area contributed by atoms with Crippen LogP contribution in [0.4, 0.5) is 18.9 Å². The van der Waals surface area contributed by atoms with Crippen molar-refractivity contribution in [2.75, 3.05) is 11.6 Å². The van der Waals surface area contributed by atoms with Crippen LogP contribution in [0.3, 0.4) is 0 Å². The Kier molecular flexibility index (Phi) is 4.99. The summed E-state index contributed by atoms with van der Waals surface area (Å²) in [6, 6.07) is 2.96. The monoisotopic (exact) mass is 467 g/mol. The first-order valence-electron chi connectivity index (χ1n) is 10.9. The number of thioether (sulfide) groups is 1. The molecule has 172 valence electrons. The lowest BCUT2D eigenvalue weighted by Crippen LogP contribution is -2.54. The summed E-state index contributed by atoms with van der Waals surface area (Å²) in [7, 11) is 0. The zero-order chi connectivity index (χ0) is 22.8. The van der Waals surface area contributed by atoms with Crippen LogP contribution in [-0.2, 0) is 12.7 Å². The first-order chi connectivity index (χ1) is 15.1. The van der Waals surface area contributed by atoms with Crippen molar-refractivity contribution >= 4 is 23.4 Å². The Balaban J connectivity index is 1.53. The summed E-state index contributed by atoms with van der Waals surface area (Å²) in [6.45, 7) is 2.41. The van der Waals surface area contributed by atoms with Crippen molar-refractivity contribution in [3.8, 4) is 0 Å². The van der Waals surface area contributed by atoms with Gasteiger partial charge in [-0.05, 0) is 55.6 Å². The number of amides is 1. The molecule has 3 aliphatic rings. The van der Waals surface area contributed by atoms with E-state index in [1.165, 1.54) is 41.2 Å². The molecule has 0 bridgehead atoms. The number of aromatic nitrogens is 3. The molecular formula is C22H26F3N4O2S+. The van der Waals surface area contributed by atoms with Crippen LogP contribution in [0.25, 0.3) is 0 Å². The number of rotatable bonds is 6. The molecule has 3 fully saturated rings. The van der Waals surface area contributed by atoms with Crippen LogP contribution in [0.1, 0.15) is 66.7 Å². The van der Waals surface area contributed by atoms with Crippen molar-refractivity contribution in [2.45, 2.75) is 62.7 Å². The first kappa shape index (κ1) is 21.6. The quantitative estimate of drug-likeness (QED) is 0.367. The van der Waals surface area contributed by atoms with E-state index >= 15 is 0 Å². The predicted octanol–water partition coefficient (Wildman–Crippen LogP) is 4.71.